The average molecular weight is 447 g/mol. The van der Waals surface area contributed by atoms with Crippen molar-refractivity contribution in [1.29, 1.82) is 0 Å². The third-order valence-corrected chi connectivity index (χ3v) is 6.65. The van der Waals surface area contributed by atoms with E-state index in [-0.39, 0.29) is 11.9 Å². The average Bonchev–Trinajstić information content (AvgIpc) is 3.22. The number of methoxy groups -OCH3 is 2. The Labute approximate surface area is 189 Å². The van der Waals surface area contributed by atoms with Gasteiger partial charge in [0.2, 0.25) is 5.91 Å². The fraction of sp³-hybridized carbons (Fsp3) is 0.609. The number of ether oxygens (including phenoxy) is 2. The minimum absolute atomic E-state index is 0.0387. The van der Waals surface area contributed by atoms with Crippen molar-refractivity contribution in [3.63, 3.8) is 0 Å². The van der Waals surface area contributed by atoms with Crippen LogP contribution in [0.4, 0.5) is 0 Å². The van der Waals surface area contributed by atoms with E-state index in [1.54, 1.807) is 14.2 Å². The first-order valence-electron chi connectivity index (χ1n) is 11.2. The Morgan fingerprint density at radius 3 is 2.61 bits per heavy atom. The number of carbonyl (C=O) groups excluding carboxylic acids is 1. The van der Waals surface area contributed by atoms with Crippen molar-refractivity contribution in [3.05, 3.63) is 18.2 Å². The molecular weight excluding hydrogens is 412 g/mol. The topological polar surface area (TPSA) is 78.3 Å². The summed E-state index contributed by atoms with van der Waals surface area (Å²) in [6.07, 6.45) is 7.92. The molecule has 1 N–H and O–H groups in total. The van der Waals surface area contributed by atoms with E-state index in [1.165, 1.54) is 31.0 Å². The standard InChI is InChI=1S/C23H34N4O3S/c1-5-9-16(2)24-21(28)15-31-23-26-25-22(27(23)18-10-7-6-8-11-18)17-12-13-19(29-3)20(14-17)30-4/h12-14,16,18H,5-11,15H2,1-4H3,(H,24,28). The molecule has 0 spiro atoms. The van der Waals surface area contributed by atoms with Crippen LogP contribution in [0.3, 0.4) is 0 Å². The summed E-state index contributed by atoms with van der Waals surface area (Å²) >= 11 is 1.46. The van der Waals surface area contributed by atoms with Crippen LogP contribution in [0.15, 0.2) is 23.4 Å². The molecule has 2 aromatic rings. The third kappa shape index (κ3) is 5.93. The van der Waals surface area contributed by atoms with Crippen LogP contribution in [0.25, 0.3) is 11.4 Å². The van der Waals surface area contributed by atoms with Crippen molar-refractivity contribution in [2.75, 3.05) is 20.0 Å². The summed E-state index contributed by atoms with van der Waals surface area (Å²) in [4.78, 5) is 12.4. The molecule has 170 valence electrons. The van der Waals surface area contributed by atoms with Crippen LogP contribution in [-0.2, 0) is 4.79 Å². The smallest absolute Gasteiger partial charge is 0.230 e. The molecule has 8 heteroatoms. The van der Waals surface area contributed by atoms with Gasteiger partial charge in [0.15, 0.2) is 22.5 Å². The zero-order chi connectivity index (χ0) is 22.2. The van der Waals surface area contributed by atoms with E-state index in [1.807, 2.05) is 25.1 Å². The van der Waals surface area contributed by atoms with Crippen molar-refractivity contribution in [3.8, 4) is 22.9 Å². The molecule has 1 saturated carbocycles. The van der Waals surface area contributed by atoms with Crippen LogP contribution in [0, 0.1) is 0 Å². The van der Waals surface area contributed by atoms with Crippen molar-refractivity contribution < 1.29 is 14.3 Å². The molecule has 0 bridgehead atoms. The van der Waals surface area contributed by atoms with E-state index in [4.69, 9.17) is 9.47 Å². The highest BCUT2D eigenvalue weighted by Gasteiger charge is 2.25. The molecule has 1 atom stereocenters. The van der Waals surface area contributed by atoms with Crippen LogP contribution in [0.1, 0.15) is 64.8 Å². The molecule has 0 radical (unpaired) electrons. The van der Waals surface area contributed by atoms with E-state index in [0.717, 1.165) is 42.2 Å². The van der Waals surface area contributed by atoms with E-state index >= 15 is 0 Å². The number of carbonyl (C=O) groups is 1. The van der Waals surface area contributed by atoms with Crippen molar-refractivity contribution >= 4 is 17.7 Å². The van der Waals surface area contributed by atoms with Gasteiger partial charge in [0, 0.05) is 17.6 Å². The van der Waals surface area contributed by atoms with Crippen LogP contribution in [-0.4, -0.2) is 46.7 Å². The minimum atomic E-state index is 0.0387. The summed E-state index contributed by atoms with van der Waals surface area (Å²) in [7, 11) is 3.26. The zero-order valence-electron chi connectivity index (χ0n) is 19.0. The van der Waals surface area contributed by atoms with Crippen LogP contribution in [0.5, 0.6) is 11.5 Å². The van der Waals surface area contributed by atoms with Crippen LogP contribution < -0.4 is 14.8 Å². The quantitative estimate of drug-likeness (QED) is 0.525. The second-order valence-corrected chi connectivity index (χ2v) is 9.03. The van der Waals surface area contributed by atoms with E-state index in [9.17, 15) is 4.79 Å². The number of rotatable bonds is 10. The van der Waals surface area contributed by atoms with Crippen molar-refractivity contribution in [2.24, 2.45) is 0 Å². The molecule has 1 amide bonds. The highest BCUT2D eigenvalue weighted by Crippen LogP contribution is 2.38. The zero-order valence-corrected chi connectivity index (χ0v) is 19.8. The van der Waals surface area contributed by atoms with Gasteiger partial charge in [0.05, 0.1) is 20.0 Å². The SMILES string of the molecule is CCCC(C)NC(=O)CSc1nnc(-c2ccc(OC)c(OC)c2)n1C1CCCCC1. The first kappa shape index (κ1) is 23.4. The Bertz CT molecular complexity index is 865. The molecule has 1 aliphatic carbocycles. The number of hydrogen-bond donors (Lipinski definition) is 1. The van der Waals surface area contributed by atoms with Gasteiger partial charge in [0.25, 0.3) is 0 Å². The summed E-state index contributed by atoms with van der Waals surface area (Å²) in [6.45, 7) is 4.17. The molecule has 3 rings (SSSR count). The Morgan fingerprint density at radius 1 is 1.19 bits per heavy atom. The first-order chi connectivity index (χ1) is 15.1. The number of hydrogen-bond acceptors (Lipinski definition) is 6. The van der Waals surface area contributed by atoms with Gasteiger partial charge in [-0.15, -0.1) is 10.2 Å². The molecule has 1 aromatic heterocycles. The molecule has 0 saturated heterocycles. The fourth-order valence-corrected chi connectivity index (χ4v) is 4.98. The summed E-state index contributed by atoms with van der Waals surface area (Å²) in [5.74, 6) is 2.54. The predicted octanol–water partition coefficient (Wildman–Crippen LogP) is 4.86. The van der Waals surface area contributed by atoms with Gasteiger partial charge < -0.3 is 14.8 Å². The Balaban J connectivity index is 1.85. The minimum Gasteiger partial charge on any atom is -0.493 e. The third-order valence-electron chi connectivity index (χ3n) is 5.71. The first-order valence-corrected chi connectivity index (χ1v) is 12.1. The molecule has 1 aliphatic rings. The lowest BCUT2D eigenvalue weighted by molar-refractivity contribution is -0.119. The number of thioether (sulfide) groups is 1. The van der Waals surface area contributed by atoms with Crippen LogP contribution in [0.2, 0.25) is 0 Å². The number of amides is 1. The van der Waals surface area contributed by atoms with Gasteiger partial charge in [-0.1, -0.05) is 44.4 Å². The molecule has 1 aromatic carbocycles. The predicted molar refractivity (Wildman–Crippen MR) is 124 cm³/mol. The lowest BCUT2D eigenvalue weighted by Gasteiger charge is -2.25. The van der Waals surface area contributed by atoms with Gasteiger partial charge >= 0.3 is 0 Å². The molecule has 1 fully saturated rings. The largest absolute Gasteiger partial charge is 0.493 e. The maximum absolute atomic E-state index is 12.4. The van der Waals surface area contributed by atoms with Gasteiger partial charge in [-0.25, -0.2) is 0 Å². The second-order valence-electron chi connectivity index (χ2n) is 8.08. The lowest BCUT2D eigenvalue weighted by atomic mass is 9.95. The van der Waals surface area contributed by atoms with Crippen molar-refractivity contribution in [2.45, 2.75) is 76.0 Å². The summed E-state index contributed by atoms with van der Waals surface area (Å²) in [6, 6.07) is 6.35. The maximum atomic E-state index is 12.4. The maximum Gasteiger partial charge on any atom is 0.230 e. The molecule has 0 aliphatic heterocycles. The van der Waals surface area contributed by atoms with Gasteiger partial charge in [-0.3, -0.25) is 9.36 Å². The Hall–Kier alpha value is -2.22. The molecular formula is C23H34N4O3S. The van der Waals surface area contributed by atoms with E-state index < -0.39 is 0 Å². The fourth-order valence-electron chi connectivity index (χ4n) is 4.17. The van der Waals surface area contributed by atoms with E-state index in [2.05, 4.69) is 27.0 Å². The molecule has 7 nitrogen and oxygen atoms in total. The van der Waals surface area contributed by atoms with Gasteiger partial charge in [0.1, 0.15) is 0 Å². The number of nitrogens with zero attached hydrogens (tertiary/aromatic N) is 3. The molecule has 1 unspecified atom stereocenters. The molecule has 1 heterocycles. The number of nitrogens with one attached hydrogen (secondary N) is 1. The van der Waals surface area contributed by atoms with Crippen molar-refractivity contribution in [1.82, 2.24) is 20.1 Å². The second kappa shape index (κ2) is 11.4. The highest BCUT2D eigenvalue weighted by molar-refractivity contribution is 7.99. The summed E-state index contributed by atoms with van der Waals surface area (Å²) in [5, 5.41) is 12.9. The molecule has 31 heavy (non-hydrogen) atoms. The number of benzene rings is 1. The highest BCUT2D eigenvalue weighted by atomic mass is 32.2. The summed E-state index contributed by atoms with van der Waals surface area (Å²) < 4.78 is 13.1. The Kier molecular flexibility index (Phi) is 8.63. The number of aromatic nitrogens is 3. The van der Waals surface area contributed by atoms with Gasteiger partial charge in [-0.2, -0.15) is 0 Å². The van der Waals surface area contributed by atoms with Crippen LogP contribution >= 0.6 is 11.8 Å². The van der Waals surface area contributed by atoms with Gasteiger partial charge in [-0.05, 0) is 44.4 Å². The normalized spacial score (nSPS) is 15.5. The van der Waals surface area contributed by atoms with E-state index in [0.29, 0.717) is 23.3 Å². The monoisotopic (exact) mass is 446 g/mol. The lowest BCUT2D eigenvalue weighted by Crippen LogP contribution is -2.33. The summed E-state index contributed by atoms with van der Waals surface area (Å²) in [5.41, 5.74) is 0.934. The Morgan fingerprint density at radius 2 is 1.94 bits per heavy atom.